The molecule has 0 heterocycles. The van der Waals surface area contributed by atoms with Gasteiger partial charge in [-0.25, -0.2) is 4.79 Å². The highest BCUT2D eigenvalue weighted by Crippen LogP contribution is 2.62. The normalized spacial score (nSPS) is 26.3. The summed E-state index contributed by atoms with van der Waals surface area (Å²) in [5, 5.41) is 11.5. The molecule has 0 atom stereocenters. The number of rotatable bonds is 8. The summed E-state index contributed by atoms with van der Waals surface area (Å²) in [5.41, 5.74) is 3.69. The first-order valence-corrected chi connectivity index (χ1v) is 13.1. The molecule has 4 aliphatic carbocycles. The lowest BCUT2D eigenvalue weighted by Gasteiger charge is -2.57. The molecule has 0 radical (unpaired) electrons. The van der Waals surface area contributed by atoms with Crippen molar-refractivity contribution in [3.8, 4) is 22.6 Å². The first-order chi connectivity index (χ1) is 17.5. The van der Waals surface area contributed by atoms with Crippen molar-refractivity contribution in [1.82, 2.24) is 0 Å². The molecule has 4 bridgehead atoms. The Morgan fingerprint density at radius 1 is 0.917 bits per heavy atom. The maximum atomic E-state index is 11.3. The van der Waals surface area contributed by atoms with Crippen LogP contribution in [0.4, 0.5) is 0 Å². The standard InChI is InChI=1S/C31H34O5/c1-34-9-10-36-28-14-24-7-8-25(22-3-5-23(6-4-22)30(32)33)29(35-2)26(24)15-27(28)31-16-19-11-20(17-31)13-21(12-19)18-31/h3-8,14-15,19-21H,9-13,16-18H2,1-2H3,(H,32,33). The quantitative estimate of drug-likeness (QED) is 0.359. The van der Waals surface area contributed by atoms with Crippen molar-refractivity contribution in [2.75, 3.05) is 27.4 Å². The van der Waals surface area contributed by atoms with Crippen molar-refractivity contribution in [2.45, 2.75) is 43.9 Å². The van der Waals surface area contributed by atoms with Gasteiger partial charge in [-0.2, -0.15) is 0 Å². The van der Waals surface area contributed by atoms with E-state index in [-0.39, 0.29) is 11.0 Å². The molecule has 1 N–H and O–H groups in total. The minimum absolute atomic E-state index is 0.176. The Labute approximate surface area is 212 Å². The fourth-order valence-electron chi connectivity index (χ4n) is 7.77. The van der Waals surface area contributed by atoms with Gasteiger partial charge in [0.15, 0.2) is 0 Å². The zero-order valence-corrected chi connectivity index (χ0v) is 21.1. The van der Waals surface area contributed by atoms with Crippen molar-refractivity contribution >= 4 is 16.7 Å². The molecule has 188 valence electrons. The minimum Gasteiger partial charge on any atom is -0.495 e. The first kappa shape index (κ1) is 23.4. The van der Waals surface area contributed by atoms with E-state index in [1.165, 1.54) is 44.1 Å². The predicted octanol–water partition coefficient (Wildman–Crippen LogP) is 6.71. The van der Waals surface area contributed by atoms with E-state index in [4.69, 9.17) is 14.2 Å². The summed E-state index contributed by atoms with van der Waals surface area (Å²) in [6, 6.07) is 15.7. The van der Waals surface area contributed by atoms with Crippen LogP contribution in [0.25, 0.3) is 21.9 Å². The van der Waals surface area contributed by atoms with Gasteiger partial charge in [0.05, 0.1) is 19.3 Å². The lowest BCUT2D eigenvalue weighted by Crippen LogP contribution is -2.48. The second kappa shape index (κ2) is 9.11. The number of aromatic carboxylic acids is 1. The average molecular weight is 487 g/mol. The van der Waals surface area contributed by atoms with Gasteiger partial charge in [-0.1, -0.05) is 24.3 Å². The SMILES string of the molecule is COCCOc1cc2ccc(-c3ccc(C(=O)O)cc3)c(OC)c2cc1C12CC3CC(CC(C3)C1)C2. The van der Waals surface area contributed by atoms with Gasteiger partial charge in [0, 0.05) is 23.6 Å². The van der Waals surface area contributed by atoms with Gasteiger partial charge in [-0.05, 0) is 96.9 Å². The maximum Gasteiger partial charge on any atom is 0.335 e. The summed E-state index contributed by atoms with van der Waals surface area (Å²) < 4.78 is 17.7. The Bertz CT molecular complexity index is 1260. The summed E-state index contributed by atoms with van der Waals surface area (Å²) in [6.45, 7) is 1.10. The molecule has 3 aromatic rings. The molecule has 0 amide bonds. The van der Waals surface area contributed by atoms with Crippen LogP contribution < -0.4 is 9.47 Å². The number of fused-ring (bicyclic) bond motifs is 1. The molecule has 0 saturated heterocycles. The molecule has 7 rings (SSSR count). The van der Waals surface area contributed by atoms with Gasteiger partial charge >= 0.3 is 5.97 Å². The zero-order chi connectivity index (χ0) is 24.9. The number of carboxylic acid groups (broad SMARTS) is 1. The number of hydrogen-bond donors (Lipinski definition) is 1. The number of ether oxygens (including phenoxy) is 3. The van der Waals surface area contributed by atoms with Crippen molar-refractivity contribution in [3.63, 3.8) is 0 Å². The highest BCUT2D eigenvalue weighted by molar-refractivity contribution is 5.97. The van der Waals surface area contributed by atoms with E-state index in [0.717, 1.165) is 51.2 Å². The molecule has 0 unspecified atom stereocenters. The lowest BCUT2D eigenvalue weighted by molar-refractivity contribution is -0.00653. The summed E-state index contributed by atoms with van der Waals surface area (Å²) >= 11 is 0. The fourth-order valence-corrected chi connectivity index (χ4v) is 7.77. The number of hydrogen-bond acceptors (Lipinski definition) is 4. The predicted molar refractivity (Wildman–Crippen MR) is 140 cm³/mol. The van der Waals surface area contributed by atoms with Gasteiger partial charge in [0.2, 0.25) is 0 Å². The third kappa shape index (κ3) is 3.94. The first-order valence-electron chi connectivity index (χ1n) is 13.1. The summed E-state index contributed by atoms with van der Waals surface area (Å²) in [5.74, 6) is 3.39. The lowest BCUT2D eigenvalue weighted by atomic mass is 9.48. The summed E-state index contributed by atoms with van der Waals surface area (Å²) in [6.07, 6.45) is 7.95. The van der Waals surface area contributed by atoms with E-state index in [0.29, 0.717) is 13.2 Å². The average Bonchev–Trinajstić information content (AvgIpc) is 2.87. The number of carbonyl (C=O) groups is 1. The van der Waals surface area contributed by atoms with Crippen molar-refractivity contribution < 1.29 is 24.1 Å². The van der Waals surface area contributed by atoms with Crippen LogP contribution in [-0.2, 0) is 10.2 Å². The van der Waals surface area contributed by atoms with Crippen molar-refractivity contribution in [3.05, 3.63) is 59.7 Å². The van der Waals surface area contributed by atoms with Gasteiger partial charge in [0.25, 0.3) is 0 Å². The van der Waals surface area contributed by atoms with E-state index in [2.05, 4.69) is 24.3 Å². The second-order valence-corrected chi connectivity index (χ2v) is 11.1. The molecular weight excluding hydrogens is 452 g/mol. The Hall–Kier alpha value is -3.05. The van der Waals surface area contributed by atoms with Crippen LogP contribution in [0.2, 0.25) is 0 Å². The fraction of sp³-hybridized carbons (Fsp3) is 0.452. The van der Waals surface area contributed by atoms with E-state index < -0.39 is 5.97 Å². The summed E-state index contributed by atoms with van der Waals surface area (Å²) in [7, 11) is 3.43. The van der Waals surface area contributed by atoms with Crippen LogP contribution in [0.15, 0.2) is 48.5 Å². The van der Waals surface area contributed by atoms with E-state index >= 15 is 0 Å². The highest BCUT2D eigenvalue weighted by atomic mass is 16.5. The van der Waals surface area contributed by atoms with E-state index in [1.54, 1.807) is 26.4 Å². The zero-order valence-electron chi connectivity index (χ0n) is 21.1. The van der Waals surface area contributed by atoms with E-state index in [1.807, 2.05) is 12.1 Å². The van der Waals surface area contributed by atoms with Crippen molar-refractivity contribution in [1.29, 1.82) is 0 Å². The number of benzene rings is 3. The van der Waals surface area contributed by atoms with Crippen LogP contribution in [-0.4, -0.2) is 38.5 Å². The van der Waals surface area contributed by atoms with Crippen LogP contribution in [0.5, 0.6) is 11.5 Å². The topological polar surface area (TPSA) is 65.0 Å². The third-order valence-electron chi connectivity index (χ3n) is 8.87. The van der Waals surface area contributed by atoms with Gasteiger partial charge in [-0.15, -0.1) is 0 Å². The molecule has 5 heteroatoms. The number of carboxylic acids is 1. The molecule has 3 aromatic carbocycles. The molecule has 0 aliphatic heterocycles. The Kier molecular flexibility index (Phi) is 5.91. The minimum atomic E-state index is -0.923. The van der Waals surface area contributed by atoms with Crippen molar-refractivity contribution in [2.24, 2.45) is 17.8 Å². The monoisotopic (exact) mass is 486 g/mol. The number of methoxy groups -OCH3 is 2. The van der Waals surface area contributed by atoms with Crippen LogP contribution >= 0.6 is 0 Å². The molecular formula is C31H34O5. The Morgan fingerprint density at radius 2 is 1.58 bits per heavy atom. The second-order valence-electron chi connectivity index (χ2n) is 11.1. The molecule has 4 fully saturated rings. The van der Waals surface area contributed by atoms with Gasteiger partial charge in [0.1, 0.15) is 18.1 Å². The van der Waals surface area contributed by atoms with E-state index in [9.17, 15) is 9.90 Å². The van der Waals surface area contributed by atoms with Gasteiger partial charge < -0.3 is 19.3 Å². The molecule has 5 nitrogen and oxygen atoms in total. The molecule has 0 spiro atoms. The molecule has 36 heavy (non-hydrogen) atoms. The Morgan fingerprint density at radius 3 is 2.17 bits per heavy atom. The van der Waals surface area contributed by atoms with Crippen LogP contribution in [0, 0.1) is 17.8 Å². The maximum absolute atomic E-state index is 11.3. The molecule has 4 aliphatic rings. The summed E-state index contributed by atoms with van der Waals surface area (Å²) in [4.78, 5) is 11.3. The van der Waals surface area contributed by atoms with Gasteiger partial charge in [-0.3, -0.25) is 0 Å². The highest BCUT2D eigenvalue weighted by Gasteiger charge is 2.52. The Balaban J connectivity index is 1.49. The largest absolute Gasteiger partial charge is 0.495 e. The van der Waals surface area contributed by atoms with Crippen LogP contribution in [0.3, 0.4) is 0 Å². The third-order valence-corrected chi connectivity index (χ3v) is 8.87. The molecule has 4 saturated carbocycles. The molecule has 0 aromatic heterocycles. The van der Waals surface area contributed by atoms with Crippen LogP contribution in [0.1, 0.15) is 54.4 Å². The smallest absolute Gasteiger partial charge is 0.335 e.